The lowest BCUT2D eigenvalue weighted by Crippen LogP contribution is -2.37. The third kappa shape index (κ3) is 5.08. The minimum absolute atomic E-state index is 0.0219. The smallest absolute Gasteiger partial charge is 0.422 e. The van der Waals surface area contributed by atoms with Crippen LogP contribution in [0, 0.1) is 11.6 Å². The van der Waals surface area contributed by atoms with Crippen LogP contribution in [0.4, 0.5) is 26.7 Å². The topological polar surface area (TPSA) is 63.2 Å². The van der Waals surface area contributed by atoms with Crippen LogP contribution >= 0.6 is 0 Å². The summed E-state index contributed by atoms with van der Waals surface area (Å²) >= 11 is 0. The zero-order valence-corrected chi connectivity index (χ0v) is 14.4. The van der Waals surface area contributed by atoms with Crippen molar-refractivity contribution < 1.29 is 31.5 Å². The summed E-state index contributed by atoms with van der Waals surface area (Å²) < 4.78 is 67.8. The molecule has 10 heteroatoms. The Balaban J connectivity index is 1.54. The Morgan fingerprint density at radius 3 is 2.71 bits per heavy atom. The van der Waals surface area contributed by atoms with Crippen LogP contribution in [0.1, 0.15) is 29.2 Å². The monoisotopic (exact) mass is 401 g/mol. The number of aryl methyl sites for hydroxylation is 1. The Labute approximate surface area is 156 Å². The Morgan fingerprint density at radius 1 is 1.21 bits per heavy atom. The van der Waals surface area contributed by atoms with Crippen molar-refractivity contribution in [2.75, 3.05) is 6.61 Å². The molecule has 1 aromatic heterocycles. The van der Waals surface area contributed by atoms with Crippen molar-refractivity contribution in [2.24, 2.45) is 0 Å². The van der Waals surface area contributed by atoms with Gasteiger partial charge >= 0.3 is 12.2 Å². The van der Waals surface area contributed by atoms with Crippen molar-refractivity contribution in [2.45, 2.75) is 31.6 Å². The minimum Gasteiger partial charge on any atom is -0.468 e. The summed E-state index contributed by atoms with van der Waals surface area (Å²) in [7, 11) is 0. The van der Waals surface area contributed by atoms with Crippen LogP contribution in [0.15, 0.2) is 30.5 Å². The Kier molecular flexibility index (Phi) is 5.66. The molecule has 1 heterocycles. The van der Waals surface area contributed by atoms with Gasteiger partial charge in [0.25, 0.3) is 0 Å². The molecule has 0 saturated heterocycles. The second-order valence-electron chi connectivity index (χ2n) is 6.29. The molecular formula is C18H16F5N3O2. The molecular weight excluding hydrogens is 385 g/mol. The SMILES string of the molecule is O=C(NCc1ccnc(OCC(F)(F)F)c1)N[C@@H]1CCc2cc(F)c(F)cc21. The maximum atomic E-state index is 13.4. The highest BCUT2D eigenvalue weighted by Gasteiger charge is 2.29. The summed E-state index contributed by atoms with van der Waals surface area (Å²) in [6.07, 6.45) is -2.18. The molecule has 2 N–H and O–H groups in total. The van der Waals surface area contributed by atoms with E-state index in [0.717, 1.165) is 12.1 Å². The molecule has 28 heavy (non-hydrogen) atoms. The molecule has 3 rings (SSSR count). The van der Waals surface area contributed by atoms with Gasteiger partial charge in [0.05, 0.1) is 6.04 Å². The van der Waals surface area contributed by atoms with Crippen molar-refractivity contribution in [3.8, 4) is 5.88 Å². The van der Waals surface area contributed by atoms with E-state index >= 15 is 0 Å². The first-order valence-corrected chi connectivity index (χ1v) is 8.38. The first kappa shape index (κ1) is 19.8. The summed E-state index contributed by atoms with van der Waals surface area (Å²) in [5.74, 6) is -2.11. The molecule has 1 aliphatic rings. The molecule has 2 amide bonds. The van der Waals surface area contributed by atoms with Gasteiger partial charge in [0.1, 0.15) is 0 Å². The van der Waals surface area contributed by atoms with Gasteiger partial charge in [-0.05, 0) is 47.7 Å². The van der Waals surface area contributed by atoms with E-state index in [9.17, 15) is 26.7 Å². The number of urea groups is 1. The highest BCUT2D eigenvalue weighted by molar-refractivity contribution is 5.74. The van der Waals surface area contributed by atoms with Crippen LogP contribution in [-0.2, 0) is 13.0 Å². The predicted octanol–water partition coefficient (Wildman–Crippen LogP) is 3.79. The number of carbonyl (C=O) groups is 1. The van der Waals surface area contributed by atoms with Gasteiger partial charge in [-0.3, -0.25) is 0 Å². The van der Waals surface area contributed by atoms with Gasteiger partial charge < -0.3 is 15.4 Å². The summed E-state index contributed by atoms with van der Waals surface area (Å²) in [5.41, 5.74) is 1.66. The van der Waals surface area contributed by atoms with E-state index in [-0.39, 0.29) is 12.4 Å². The molecule has 1 atom stereocenters. The van der Waals surface area contributed by atoms with Crippen LogP contribution in [-0.4, -0.2) is 23.8 Å². The molecule has 0 saturated carbocycles. The number of carbonyl (C=O) groups excluding carboxylic acids is 1. The van der Waals surface area contributed by atoms with E-state index in [1.807, 2.05) is 0 Å². The van der Waals surface area contributed by atoms with Crippen LogP contribution in [0.25, 0.3) is 0 Å². The summed E-state index contributed by atoms with van der Waals surface area (Å²) in [5, 5.41) is 5.24. The third-order valence-electron chi connectivity index (χ3n) is 4.20. The molecule has 0 radical (unpaired) electrons. The molecule has 0 unspecified atom stereocenters. The highest BCUT2D eigenvalue weighted by atomic mass is 19.4. The average molecular weight is 401 g/mol. The fourth-order valence-corrected chi connectivity index (χ4v) is 2.94. The zero-order valence-electron chi connectivity index (χ0n) is 14.4. The van der Waals surface area contributed by atoms with Crippen LogP contribution in [0.3, 0.4) is 0 Å². The second-order valence-corrected chi connectivity index (χ2v) is 6.29. The summed E-state index contributed by atoms with van der Waals surface area (Å²) in [6.45, 7) is -1.44. The fraction of sp³-hybridized carbons (Fsp3) is 0.333. The third-order valence-corrected chi connectivity index (χ3v) is 4.20. The number of aromatic nitrogens is 1. The standard InChI is InChI=1S/C18H16F5N3O2/c19-13-6-11-1-2-15(12(11)7-14(13)20)26-17(27)25-8-10-3-4-24-16(5-10)28-9-18(21,22)23/h3-7,15H,1-2,8-9H2,(H2,25,26,27)/t15-/m1/s1. The van der Waals surface area contributed by atoms with E-state index in [0.29, 0.717) is 29.5 Å². The number of nitrogens with zero attached hydrogens (tertiary/aromatic N) is 1. The van der Waals surface area contributed by atoms with Gasteiger partial charge in [0.15, 0.2) is 18.2 Å². The minimum atomic E-state index is -4.48. The molecule has 0 bridgehead atoms. The maximum Gasteiger partial charge on any atom is 0.422 e. The number of nitrogens with one attached hydrogen (secondary N) is 2. The fourth-order valence-electron chi connectivity index (χ4n) is 2.94. The number of hydrogen-bond donors (Lipinski definition) is 2. The van der Waals surface area contributed by atoms with E-state index in [2.05, 4.69) is 20.4 Å². The van der Waals surface area contributed by atoms with E-state index in [1.165, 1.54) is 18.3 Å². The molecule has 1 aromatic carbocycles. The first-order valence-electron chi connectivity index (χ1n) is 8.38. The van der Waals surface area contributed by atoms with Gasteiger partial charge in [-0.2, -0.15) is 13.2 Å². The largest absolute Gasteiger partial charge is 0.468 e. The lowest BCUT2D eigenvalue weighted by Gasteiger charge is -2.15. The highest BCUT2D eigenvalue weighted by Crippen LogP contribution is 2.32. The molecule has 0 spiro atoms. The maximum absolute atomic E-state index is 13.4. The molecule has 1 aliphatic carbocycles. The van der Waals surface area contributed by atoms with E-state index < -0.39 is 36.5 Å². The molecule has 0 aliphatic heterocycles. The lowest BCUT2D eigenvalue weighted by atomic mass is 10.1. The molecule has 2 aromatic rings. The number of pyridine rings is 1. The molecule has 0 fully saturated rings. The van der Waals surface area contributed by atoms with Crippen molar-refractivity contribution in [1.29, 1.82) is 0 Å². The number of hydrogen-bond acceptors (Lipinski definition) is 3. The number of alkyl halides is 3. The van der Waals surface area contributed by atoms with Crippen LogP contribution in [0.5, 0.6) is 5.88 Å². The predicted molar refractivity (Wildman–Crippen MR) is 88.6 cm³/mol. The number of rotatable bonds is 5. The molecule has 5 nitrogen and oxygen atoms in total. The van der Waals surface area contributed by atoms with Crippen molar-refractivity contribution in [3.63, 3.8) is 0 Å². The average Bonchev–Trinajstić information content (AvgIpc) is 3.00. The summed E-state index contributed by atoms with van der Waals surface area (Å²) in [4.78, 5) is 15.8. The van der Waals surface area contributed by atoms with Gasteiger partial charge in [-0.15, -0.1) is 0 Å². The number of amides is 2. The van der Waals surface area contributed by atoms with Gasteiger partial charge in [0, 0.05) is 18.8 Å². The number of halogens is 5. The van der Waals surface area contributed by atoms with Crippen molar-refractivity contribution in [3.05, 3.63) is 58.8 Å². The molecule has 150 valence electrons. The lowest BCUT2D eigenvalue weighted by molar-refractivity contribution is -0.154. The Morgan fingerprint density at radius 2 is 1.96 bits per heavy atom. The first-order chi connectivity index (χ1) is 13.2. The Hall–Kier alpha value is -2.91. The van der Waals surface area contributed by atoms with E-state index in [4.69, 9.17) is 0 Å². The van der Waals surface area contributed by atoms with Crippen LogP contribution < -0.4 is 15.4 Å². The van der Waals surface area contributed by atoms with Crippen LogP contribution in [0.2, 0.25) is 0 Å². The number of ether oxygens (including phenoxy) is 1. The second kappa shape index (κ2) is 7.99. The van der Waals surface area contributed by atoms with E-state index in [1.54, 1.807) is 0 Å². The number of fused-ring (bicyclic) bond motifs is 1. The summed E-state index contributed by atoms with van der Waals surface area (Å²) in [6, 6.07) is 4.02. The normalized spacial score (nSPS) is 15.8. The van der Waals surface area contributed by atoms with Crippen molar-refractivity contribution >= 4 is 6.03 Å². The van der Waals surface area contributed by atoms with Gasteiger partial charge in [-0.1, -0.05) is 0 Å². The van der Waals surface area contributed by atoms with Crippen molar-refractivity contribution in [1.82, 2.24) is 15.6 Å². The van der Waals surface area contributed by atoms with Gasteiger partial charge in [-0.25, -0.2) is 18.6 Å². The van der Waals surface area contributed by atoms with Gasteiger partial charge in [0.2, 0.25) is 5.88 Å². The Bertz CT molecular complexity index is 873. The zero-order chi connectivity index (χ0) is 20.3. The quantitative estimate of drug-likeness (QED) is 0.750. The number of benzene rings is 1.